The fraction of sp³-hybridized carbons (Fsp3) is 0.556. The van der Waals surface area contributed by atoms with E-state index in [0.717, 1.165) is 26.0 Å². The molecule has 0 saturated heterocycles. The van der Waals surface area contributed by atoms with E-state index in [4.69, 9.17) is 0 Å². The fourth-order valence-corrected chi connectivity index (χ4v) is 3.44. The van der Waals surface area contributed by atoms with Crippen LogP contribution in [0.1, 0.15) is 31.6 Å². The Bertz CT molecular complexity index is 272. The molecule has 0 saturated carbocycles. The summed E-state index contributed by atoms with van der Waals surface area (Å²) in [6, 6.07) is 1.99. The molecule has 1 nitrogen and oxygen atoms in total. The Balaban J connectivity index is 3.05. The molecule has 1 N–H and O–H groups in total. The molecule has 0 aliphatic rings. The van der Waals surface area contributed by atoms with E-state index in [0.29, 0.717) is 0 Å². The lowest BCUT2D eigenvalue weighted by atomic mass is 9.96. The highest BCUT2D eigenvalue weighted by Crippen LogP contribution is 2.40. The first-order valence-corrected chi connectivity index (χ1v) is 6.61. The quantitative estimate of drug-likeness (QED) is 0.878. The molecular weight excluding hydrogens is 316 g/mol. The van der Waals surface area contributed by atoms with Crippen molar-refractivity contribution < 1.29 is 5.11 Å². The van der Waals surface area contributed by atoms with Crippen LogP contribution >= 0.6 is 43.2 Å². The van der Waals surface area contributed by atoms with Gasteiger partial charge in [0.25, 0.3) is 0 Å². The summed E-state index contributed by atoms with van der Waals surface area (Å²) in [6.45, 7) is 4.01. The average Bonchev–Trinajstić information content (AvgIpc) is 2.46. The molecule has 1 aromatic heterocycles. The molecule has 0 spiro atoms. The van der Waals surface area contributed by atoms with E-state index in [1.165, 1.54) is 0 Å². The van der Waals surface area contributed by atoms with E-state index < -0.39 is 5.60 Å². The standard InChI is InChI=1S/C9H12Br2OS/c1-3-9(12,4-2)7-5-6(10)8(11)13-7/h5,12H,3-4H2,1-2H3. The van der Waals surface area contributed by atoms with Crippen LogP contribution in [0.2, 0.25) is 0 Å². The van der Waals surface area contributed by atoms with Crippen molar-refractivity contribution in [3.05, 3.63) is 19.2 Å². The first-order valence-electron chi connectivity index (χ1n) is 4.21. The van der Waals surface area contributed by atoms with E-state index in [1.807, 2.05) is 19.9 Å². The van der Waals surface area contributed by atoms with Crippen molar-refractivity contribution in [2.45, 2.75) is 32.3 Å². The molecule has 0 unspecified atom stereocenters. The molecule has 0 radical (unpaired) electrons. The second kappa shape index (κ2) is 4.43. The third-order valence-electron chi connectivity index (χ3n) is 2.27. The number of aliphatic hydroxyl groups is 1. The van der Waals surface area contributed by atoms with Crippen LogP contribution in [0.15, 0.2) is 14.3 Å². The third-order valence-corrected chi connectivity index (χ3v) is 5.72. The first-order chi connectivity index (χ1) is 6.03. The predicted molar refractivity (Wildman–Crippen MR) is 64.2 cm³/mol. The van der Waals surface area contributed by atoms with Crippen LogP contribution in [-0.4, -0.2) is 5.11 Å². The summed E-state index contributed by atoms with van der Waals surface area (Å²) in [5, 5.41) is 10.2. The van der Waals surface area contributed by atoms with Crippen LogP contribution in [0, 0.1) is 0 Å². The first kappa shape index (κ1) is 11.7. The largest absolute Gasteiger partial charge is 0.384 e. The minimum Gasteiger partial charge on any atom is -0.384 e. The molecule has 0 amide bonds. The maximum Gasteiger partial charge on any atom is 0.0983 e. The van der Waals surface area contributed by atoms with Gasteiger partial charge in [-0.3, -0.25) is 0 Å². The van der Waals surface area contributed by atoms with Gasteiger partial charge >= 0.3 is 0 Å². The zero-order valence-corrected chi connectivity index (χ0v) is 11.6. The minimum atomic E-state index is -0.654. The van der Waals surface area contributed by atoms with Crippen molar-refractivity contribution in [1.82, 2.24) is 0 Å². The summed E-state index contributed by atoms with van der Waals surface area (Å²) >= 11 is 8.44. The van der Waals surface area contributed by atoms with Crippen molar-refractivity contribution in [3.8, 4) is 0 Å². The number of thiophene rings is 1. The van der Waals surface area contributed by atoms with Gasteiger partial charge in [-0.05, 0) is 50.8 Å². The molecule has 0 aromatic carbocycles. The smallest absolute Gasteiger partial charge is 0.0983 e. The van der Waals surface area contributed by atoms with Gasteiger partial charge < -0.3 is 5.11 Å². The van der Waals surface area contributed by atoms with Gasteiger partial charge in [-0.25, -0.2) is 0 Å². The van der Waals surface area contributed by atoms with Crippen molar-refractivity contribution in [2.75, 3.05) is 0 Å². The topological polar surface area (TPSA) is 20.2 Å². The summed E-state index contributed by atoms with van der Waals surface area (Å²) in [7, 11) is 0. The highest BCUT2D eigenvalue weighted by atomic mass is 79.9. The number of hydrogen-bond acceptors (Lipinski definition) is 2. The lowest BCUT2D eigenvalue weighted by Gasteiger charge is -2.23. The van der Waals surface area contributed by atoms with E-state index >= 15 is 0 Å². The predicted octanol–water partition coefficient (Wildman–Crippen LogP) is 4.28. The molecule has 0 aliphatic heterocycles. The van der Waals surface area contributed by atoms with Crippen LogP contribution in [0.4, 0.5) is 0 Å². The molecule has 1 rings (SSSR count). The van der Waals surface area contributed by atoms with E-state index in [-0.39, 0.29) is 0 Å². The van der Waals surface area contributed by atoms with Crippen molar-refractivity contribution in [2.24, 2.45) is 0 Å². The summed E-state index contributed by atoms with van der Waals surface area (Å²) in [5.41, 5.74) is -0.654. The van der Waals surface area contributed by atoms with Gasteiger partial charge in [0.05, 0.1) is 9.39 Å². The Morgan fingerprint density at radius 2 is 1.92 bits per heavy atom. The summed E-state index contributed by atoms with van der Waals surface area (Å²) in [5.74, 6) is 0. The van der Waals surface area contributed by atoms with Crippen molar-refractivity contribution in [1.29, 1.82) is 0 Å². The molecule has 0 atom stereocenters. The molecule has 13 heavy (non-hydrogen) atoms. The zero-order chi connectivity index (χ0) is 10.1. The van der Waals surface area contributed by atoms with Crippen molar-refractivity contribution in [3.63, 3.8) is 0 Å². The van der Waals surface area contributed by atoms with E-state index in [2.05, 4.69) is 31.9 Å². The summed E-state index contributed by atoms with van der Waals surface area (Å²) in [4.78, 5) is 1.02. The lowest BCUT2D eigenvalue weighted by molar-refractivity contribution is 0.0321. The Labute approximate surface area is 99.4 Å². The molecule has 4 heteroatoms. The maximum absolute atomic E-state index is 10.2. The molecule has 74 valence electrons. The van der Waals surface area contributed by atoms with E-state index in [1.54, 1.807) is 11.3 Å². The number of rotatable bonds is 3. The Kier molecular flexibility index (Phi) is 3.98. The normalized spacial score (nSPS) is 12.1. The Hall–Kier alpha value is 0.620. The van der Waals surface area contributed by atoms with Crippen LogP contribution < -0.4 is 0 Å². The molecule has 0 aliphatic carbocycles. The molecular formula is C9H12Br2OS. The Morgan fingerprint density at radius 1 is 1.38 bits per heavy atom. The highest BCUT2D eigenvalue weighted by molar-refractivity contribution is 9.13. The fourth-order valence-electron chi connectivity index (χ4n) is 1.17. The second-order valence-corrected chi connectivity index (χ2v) is 6.20. The van der Waals surface area contributed by atoms with Gasteiger partial charge in [0.1, 0.15) is 0 Å². The van der Waals surface area contributed by atoms with Gasteiger partial charge in [-0.1, -0.05) is 13.8 Å². The van der Waals surface area contributed by atoms with Gasteiger partial charge in [0.15, 0.2) is 0 Å². The zero-order valence-electron chi connectivity index (χ0n) is 7.60. The monoisotopic (exact) mass is 326 g/mol. The number of halogens is 2. The van der Waals surface area contributed by atoms with Gasteiger partial charge in [-0.15, -0.1) is 11.3 Å². The SMILES string of the molecule is CCC(O)(CC)c1cc(Br)c(Br)s1. The molecule has 1 heterocycles. The highest BCUT2D eigenvalue weighted by Gasteiger charge is 2.27. The Morgan fingerprint density at radius 3 is 2.23 bits per heavy atom. The minimum absolute atomic E-state index is 0.654. The van der Waals surface area contributed by atoms with Crippen LogP contribution in [0.3, 0.4) is 0 Å². The van der Waals surface area contributed by atoms with Gasteiger partial charge in [0.2, 0.25) is 0 Å². The molecule has 0 bridgehead atoms. The van der Waals surface area contributed by atoms with Crippen LogP contribution in [-0.2, 0) is 5.60 Å². The maximum atomic E-state index is 10.2. The summed E-state index contributed by atoms with van der Waals surface area (Å²) < 4.78 is 2.07. The van der Waals surface area contributed by atoms with Crippen molar-refractivity contribution >= 4 is 43.2 Å². The second-order valence-electron chi connectivity index (χ2n) is 2.97. The summed E-state index contributed by atoms with van der Waals surface area (Å²) in [6.07, 6.45) is 1.51. The van der Waals surface area contributed by atoms with Crippen LogP contribution in [0.25, 0.3) is 0 Å². The van der Waals surface area contributed by atoms with Gasteiger partial charge in [-0.2, -0.15) is 0 Å². The number of hydrogen-bond donors (Lipinski definition) is 1. The van der Waals surface area contributed by atoms with Gasteiger partial charge in [0, 0.05) is 9.35 Å². The third kappa shape index (κ3) is 2.35. The van der Waals surface area contributed by atoms with E-state index in [9.17, 15) is 5.11 Å². The average molecular weight is 328 g/mol. The lowest BCUT2D eigenvalue weighted by Crippen LogP contribution is -2.21. The molecule has 1 aromatic rings. The van der Waals surface area contributed by atoms with Crippen LogP contribution in [0.5, 0.6) is 0 Å². The molecule has 0 fully saturated rings.